The number of hydroxylamine groups is 2. The molecule has 2 aromatic rings. The standard InChI is InChI=1S/C31H42N4O11/c1-4-7-8-9-20(23(5-2)35(44)18-36)28(39)32-17-33-30(41)25-14-13-24(46-25)19-10-11-21(26(16-19)45-6-3)29(40)34-22(31(42)43)12-15-27(37)38/h10-11,13-14,16,18,20,22-23,44H,4-9,12,15,17H2,1-3H3,(H,32,39)(H,33,41)(H,34,40)(H,37,38)(H,42,43)/t20-,22+,23-/m1/s1. The Morgan fingerprint density at radius 2 is 1.72 bits per heavy atom. The van der Waals surface area contributed by atoms with Crippen molar-refractivity contribution in [1.82, 2.24) is 21.0 Å². The van der Waals surface area contributed by atoms with Crippen molar-refractivity contribution in [2.24, 2.45) is 5.92 Å². The highest BCUT2D eigenvalue weighted by Gasteiger charge is 2.31. The molecule has 0 bridgehead atoms. The van der Waals surface area contributed by atoms with Crippen LogP contribution in [-0.2, 0) is 19.2 Å². The lowest BCUT2D eigenvalue weighted by molar-refractivity contribution is -0.168. The van der Waals surface area contributed by atoms with E-state index in [0.29, 0.717) is 23.5 Å². The highest BCUT2D eigenvalue weighted by Crippen LogP contribution is 2.29. The summed E-state index contributed by atoms with van der Waals surface area (Å²) in [6.07, 6.45) is 2.86. The molecule has 1 heterocycles. The number of carboxylic acids is 2. The van der Waals surface area contributed by atoms with Gasteiger partial charge >= 0.3 is 11.9 Å². The molecule has 0 spiro atoms. The SMILES string of the molecule is CCCCC[C@@H](C(=O)NCNC(=O)c1ccc(-c2ccc(C(=O)N[C@@H](CCC(=O)O)C(=O)O)c(OCC)c2)o1)[C@@H](CC)N(O)C=O. The van der Waals surface area contributed by atoms with Crippen LogP contribution in [0.4, 0.5) is 0 Å². The first kappa shape index (κ1) is 37.3. The van der Waals surface area contributed by atoms with Crippen LogP contribution in [0.1, 0.15) is 86.6 Å². The van der Waals surface area contributed by atoms with E-state index in [9.17, 15) is 39.1 Å². The van der Waals surface area contributed by atoms with Crippen LogP contribution >= 0.6 is 0 Å². The first-order chi connectivity index (χ1) is 22.0. The van der Waals surface area contributed by atoms with Crippen molar-refractivity contribution in [2.75, 3.05) is 13.3 Å². The third kappa shape index (κ3) is 10.9. The molecule has 0 unspecified atom stereocenters. The summed E-state index contributed by atoms with van der Waals surface area (Å²) in [6, 6.07) is 5.19. The number of carbonyl (C=O) groups excluding carboxylic acids is 4. The van der Waals surface area contributed by atoms with Gasteiger partial charge in [0.05, 0.1) is 30.8 Å². The Balaban J connectivity index is 2.11. The first-order valence-electron chi connectivity index (χ1n) is 15.1. The number of benzene rings is 1. The Kier molecular flexibility index (Phi) is 15.2. The monoisotopic (exact) mass is 646 g/mol. The average molecular weight is 647 g/mol. The molecule has 2 rings (SSSR count). The number of rotatable bonds is 21. The van der Waals surface area contributed by atoms with Gasteiger partial charge in [-0.25, -0.2) is 9.86 Å². The van der Waals surface area contributed by atoms with Gasteiger partial charge in [-0.15, -0.1) is 0 Å². The summed E-state index contributed by atoms with van der Waals surface area (Å²) in [5, 5.41) is 36.2. The zero-order chi connectivity index (χ0) is 34.2. The maximum absolute atomic E-state index is 12.9. The molecule has 0 aliphatic carbocycles. The number of ether oxygens (including phenoxy) is 1. The van der Waals surface area contributed by atoms with Gasteiger partial charge < -0.3 is 35.3 Å². The van der Waals surface area contributed by atoms with Gasteiger partial charge in [0, 0.05) is 12.0 Å². The molecule has 0 saturated heterocycles. The van der Waals surface area contributed by atoms with Gasteiger partial charge in [-0.1, -0.05) is 39.2 Å². The summed E-state index contributed by atoms with van der Waals surface area (Å²) >= 11 is 0. The second kappa shape index (κ2) is 18.8. The van der Waals surface area contributed by atoms with Crippen LogP contribution in [0, 0.1) is 5.92 Å². The molecular weight excluding hydrogens is 604 g/mol. The van der Waals surface area contributed by atoms with Gasteiger partial charge in [0.2, 0.25) is 12.3 Å². The number of aliphatic carboxylic acids is 2. The van der Waals surface area contributed by atoms with Gasteiger partial charge in [-0.05, 0) is 50.5 Å². The first-order valence-corrected chi connectivity index (χ1v) is 15.1. The summed E-state index contributed by atoms with van der Waals surface area (Å²) in [5.41, 5.74) is 0.459. The predicted molar refractivity (Wildman–Crippen MR) is 163 cm³/mol. The van der Waals surface area contributed by atoms with Gasteiger partial charge in [-0.3, -0.25) is 29.2 Å². The third-order valence-electron chi connectivity index (χ3n) is 7.19. The van der Waals surface area contributed by atoms with E-state index in [-0.39, 0.29) is 48.9 Å². The fourth-order valence-electron chi connectivity index (χ4n) is 4.79. The zero-order valence-corrected chi connectivity index (χ0v) is 26.1. The maximum Gasteiger partial charge on any atom is 0.326 e. The number of nitrogens with zero attached hydrogens (tertiary/aromatic N) is 1. The number of hydrogen-bond donors (Lipinski definition) is 6. The topological polar surface area (TPSA) is 225 Å². The van der Waals surface area contributed by atoms with Crippen LogP contribution in [0.25, 0.3) is 11.3 Å². The highest BCUT2D eigenvalue weighted by molar-refractivity contribution is 5.99. The molecule has 0 radical (unpaired) electrons. The summed E-state index contributed by atoms with van der Waals surface area (Å²) in [5.74, 6) is -4.78. The Labute approximate surface area is 266 Å². The fourth-order valence-corrected chi connectivity index (χ4v) is 4.79. The van der Waals surface area contributed by atoms with Crippen molar-refractivity contribution in [3.05, 3.63) is 41.7 Å². The molecule has 6 N–H and O–H groups in total. The van der Waals surface area contributed by atoms with Gasteiger partial charge in [0.25, 0.3) is 11.8 Å². The molecule has 15 heteroatoms. The van der Waals surface area contributed by atoms with E-state index in [4.69, 9.17) is 14.3 Å². The molecule has 3 atom stereocenters. The highest BCUT2D eigenvalue weighted by atomic mass is 16.5. The van der Waals surface area contributed by atoms with Crippen LogP contribution in [0.5, 0.6) is 5.75 Å². The van der Waals surface area contributed by atoms with Crippen molar-refractivity contribution in [1.29, 1.82) is 0 Å². The number of furan rings is 1. The summed E-state index contributed by atoms with van der Waals surface area (Å²) < 4.78 is 11.3. The lowest BCUT2D eigenvalue weighted by Crippen LogP contribution is -2.47. The lowest BCUT2D eigenvalue weighted by Gasteiger charge is -2.29. The second-order valence-corrected chi connectivity index (χ2v) is 10.4. The molecular formula is C31H42N4O11. The summed E-state index contributed by atoms with van der Waals surface area (Å²) in [4.78, 5) is 72.1. The molecule has 0 aliphatic heterocycles. The van der Waals surface area contributed by atoms with E-state index in [1.807, 2.05) is 6.92 Å². The smallest absolute Gasteiger partial charge is 0.326 e. The molecule has 1 aromatic heterocycles. The van der Waals surface area contributed by atoms with Crippen molar-refractivity contribution >= 4 is 36.1 Å². The normalized spacial score (nSPS) is 12.7. The van der Waals surface area contributed by atoms with Crippen molar-refractivity contribution in [3.63, 3.8) is 0 Å². The number of hydrogen-bond acceptors (Lipinski definition) is 9. The minimum Gasteiger partial charge on any atom is -0.493 e. The Bertz CT molecular complexity index is 1360. The molecule has 1 aromatic carbocycles. The van der Waals surface area contributed by atoms with Gasteiger partial charge in [0.15, 0.2) is 5.76 Å². The summed E-state index contributed by atoms with van der Waals surface area (Å²) in [7, 11) is 0. The molecule has 0 fully saturated rings. The zero-order valence-electron chi connectivity index (χ0n) is 26.1. The van der Waals surface area contributed by atoms with E-state index in [1.54, 1.807) is 13.8 Å². The quantitative estimate of drug-likeness (QED) is 0.0380. The maximum atomic E-state index is 12.9. The van der Waals surface area contributed by atoms with Crippen LogP contribution < -0.4 is 20.7 Å². The Hall–Kier alpha value is -4.92. The van der Waals surface area contributed by atoms with Crippen LogP contribution in [0.15, 0.2) is 34.7 Å². The number of carboxylic acid groups (broad SMARTS) is 2. The Morgan fingerprint density at radius 1 is 0.978 bits per heavy atom. The van der Waals surface area contributed by atoms with Gasteiger partial charge in [0.1, 0.15) is 17.6 Å². The lowest BCUT2D eigenvalue weighted by atomic mass is 9.90. The van der Waals surface area contributed by atoms with E-state index >= 15 is 0 Å². The number of nitrogens with one attached hydrogen (secondary N) is 3. The van der Waals surface area contributed by atoms with Crippen molar-refractivity contribution in [2.45, 2.75) is 77.8 Å². The largest absolute Gasteiger partial charge is 0.493 e. The number of unbranched alkanes of at least 4 members (excludes halogenated alkanes) is 2. The molecule has 46 heavy (non-hydrogen) atoms. The number of amides is 4. The van der Waals surface area contributed by atoms with Crippen molar-refractivity contribution < 1.29 is 53.3 Å². The Morgan fingerprint density at radius 3 is 2.33 bits per heavy atom. The average Bonchev–Trinajstić information content (AvgIpc) is 3.53. The third-order valence-corrected chi connectivity index (χ3v) is 7.19. The molecule has 252 valence electrons. The van der Waals surface area contributed by atoms with Crippen LogP contribution in [0.3, 0.4) is 0 Å². The van der Waals surface area contributed by atoms with E-state index in [1.165, 1.54) is 30.3 Å². The van der Waals surface area contributed by atoms with E-state index < -0.39 is 54.1 Å². The molecule has 15 nitrogen and oxygen atoms in total. The minimum absolute atomic E-state index is 0.0169. The summed E-state index contributed by atoms with van der Waals surface area (Å²) in [6.45, 7) is 5.40. The van der Waals surface area contributed by atoms with Crippen LogP contribution in [0.2, 0.25) is 0 Å². The van der Waals surface area contributed by atoms with Crippen molar-refractivity contribution in [3.8, 4) is 17.1 Å². The number of carbonyl (C=O) groups is 6. The predicted octanol–water partition coefficient (Wildman–Crippen LogP) is 3.02. The van der Waals surface area contributed by atoms with Gasteiger partial charge in [-0.2, -0.15) is 0 Å². The van der Waals surface area contributed by atoms with E-state index in [2.05, 4.69) is 16.0 Å². The van der Waals surface area contributed by atoms with E-state index in [0.717, 1.165) is 19.3 Å². The fraction of sp³-hybridized carbons (Fsp3) is 0.484. The second-order valence-electron chi connectivity index (χ2n) is 10.4. The molecule has 0 saturated carbocycles. The van der Waals surface area contributed by atoms with Crippen LogP contribution in [-0.4, -0.2) is 81.9 Å². The molecule has 0 aliphatic rings. The molecule has 4 amide bonds. The minimum atomic E-state index is -1.42.